The zero-order valence-corrected chi connectivity index (χ0v) is 19.9. The Kier molecular flexibility index (Phi) is 8.60. The van der Waals surface area contributed by atoms with Crippen molar-refractivity contribution < 1.29 is 54.6 Å². The van der Waals surface area contributed by atoms with Crippen LogP contribution in [-0.2, 0) is 17.6 Å². The van der Waals surface area contributed by atoms with E-state index in [1.807, 2.05) is 0 Å². The minimum Gasteiger partial charge on any atom is -0.485 e. The Morgan fingerprint density at radius 1 is 1.02 bits per heavy atom. The summed E-state index contributed by atoms with van der Waals surface area (Å²) in [7, 11) is 0. The van der Waals surface area contributed by atoms with Gasteiger partial charge in [-0.3, -0.25) is 14.2 Å². The first kappa shape index (κ1) is 29.8. The Morgan fingerprint density at radius 2 is 1.65 bits per heavy atom. The number of anilines is 1. The van der Waals surface area contributed by atoms with E-state index < -0.39 is 53.7 Å². The number of alkyl halides is 6. The Hall–Kier alpha value is -4.76. The van der Waals surface area contributed by atoms with Crippen molar-refractivity contribution in [3.8, 4) is 5.75 Å². The third-order valence-corrected chi connectivity index (χ3v) is 5.05. The first-order valence-electron chi connectivity index (χ1n) is 10.8. The van der Waals surface area contributed by atoms with Gasteiger partial charge >= 0.3 is 18.3 Å². The first-order chi connectivity index (χ1) is 18.6. The second-order valence-electron chi connectivity index (χ2n) is 7.78. The predicted octanol–water partition coefficient (Wildman–Crippen LogP) is 5.80. The van der Waals surface area contributed by atoms with E-state index in [9.17, 15) is 39.9 Å². The molecule has 3 aromatic heterocycles. The third-order valence-electron chi connectivity index (χ3n) is 5.05. The van der Waals surface area contributed by atoms with E-state index in [1.165, 1.54) is 35.7 Å². The quantitative estimate of drug-likeness (QED) is 0.291. The van der Waals surface area contributed by atoms with E-state index >= 15 is 0 Å². The van der Waals surface area contributed by atoms with Gasteiger partial charge in [0.2, 0.25) is 0 Å². The Balaban J connectivity index is 0.000000559. The van der Waals surface area contributed by atoms with Gasteiger partial charge in [-0.25, -0.2) is 18.6 Å². The highest BCUT2D eigenvalue weighted by molar-refractivity contribution is 6.05. The number of carboxylic acids is 1. The van der Waals surface area contributed by atoms with Crippen LogP contribution < -0.4 is 10.1 Å². The van der Waals surface area contributed by atoms with Gasteiger partial charge in [0.25, 0.3) is 5.91 Å². The van der Waals surface area contributed by atoms with Gasteiger partial charge in [-0.1, -0.05) is 6.07 Å². The number of fused-ring (bicyclic) bond motifs is 1. The summed E-state index contributed by atoms with van der Waals surface area (Å²) in [5.41, 5.74) is -1.50. The Bertz CT molecular complexity index is 1530. The summed E-state index contributed by atoms with van der Waals surface area (Å²) < 4.78 is 106. The monoisotopic (exact) mass is 576 g/mol. The number of carbonyl (C=O) groups excluding carboxylic acids is 1. The standard InChI is InChI=1S/C22H15F5N4O2.C2HF3O2/c1-12-19(21(32)30-17-7-8-28-10-14(17)22(25,26)27)31-9-3-6-18(20(31)29-12)33-11-13-15(23)4-2-5-16(13)24;3-2(4,5)1(6)7/h2-10H,11H2,1H3,(H,28,30,32);(H,6,7). The molecule has 0 unspecified atom stereocenters. The molecule has 1 amide bonds. The maximum Gasteiger partial charge on any atom is 0.490 e. The number of nitrogens with zero attached hydrogens (tertiary/aromatic N) is 3. The average molecular weight is 576 g/mol. The number of hydrogen-bond donors (Lipinski definition) is 2. The van der Waals surface area contributed by atoms with Crippen LogP contribution in [0.15, 0.2) is 55.0 Å². The van der Waals surface area contributed by atoms with Gasteiger partial charge in [-0.2, -0.15) is 26.3 Å². The van der Waals surface area contributed by atoms with E-state index in [4.69, 9.17) is 14.6 Å². The molecule has 16 heteroatoms. The summed E-state index contributed by atoms with van der Waals surface area (Å²) in [5, 5.41) is 9.37. The number of halogens is 8. The second kappa shape index (κ2) is 11.5. The van der Waals surface area contributed by atoms with Crippen LogP contribution >= 0.6 is 0 Å². The predicted molar refractivity (Wildman–Crippen MR) is 122 cm³/mol. The second-order valence-corrected chi connectivity index (χ2v) is 7.78. The first-order valence-corrected chi connectivity index (χ1v) is 10.8. The molecule has 4 aromatic rings. The smallest absolute Gasteiger partial charge is 0.485 e. The lowest BCUT2D eigenvalue weighted by molar-refractivity contribution is -0.192. The molecule has 1 aromatic carbocycles. The van der Waals surface area contributed by atoms with Crippen LogP contribution in [0, 0.1) is 18.6 Å². The minimum absolute atomic E-state index is 0.0301. The number of aromatic nitrogens is 3. The summed E-state index contributed by atoms with van der Waals surface area (Å²) in [5.74, 6) is -5.03. The molecule has 0 saturated heterocycles. The van der Waals surface area contributed by atoms with Crippen molar-refractivity contribution in [1.82, 2.24) is 14.4 Å². The molecular weight excluding hydrogens is 560 g/mol. The fourth-order valence-corrected chi connectivity index (χ4v) is 3.27. The highest BCUT2D eigenvalue weighted by Gasteiger charge is 2.38. The van der Waals surface area contributed by atoms with Gasteiger partial charge in [0, 0.05) is 18.6 Å². The molecule has 0 radical (unpaired) electrons. The molecule has 0 fully saturated rings. The van der Waals surface area contributed by atoms with Gasteiger partial charge in [-0.15, -0.1) is 0 Å². The number of carboxylic acid groups (broad SMARTS) is 1. The van der Waals surface area contributed by atoms with E-state index in [2.05, 4.69) is 15.3 Å². The largest absolute Gasteiger partial charge is 0.490 e. The van der Waals surface area contributed by atoms with Crippen LogP contribution in [0.4, 0.5) is 40.8 Å². The summed E-state index contributed by atoms with van der Waals surface area (Å²) in [6, 6.07) is 7.46. The average Bonchev–Trinajstić information content (AvgIpc) is 3.19. The summed E-state index contributed by atoms with van der Waals surface area (Å²) in [6.45, 7) is 1.07. The highest BCUT2D eigenvalue weighted by Crippen LogP contribution is 2.34. The van der Waals surface area contributed by atoms with E-state index in [0.29, 0.717) is 6.20 Å². The summed E-state index contributed by atoms with van der Waals surface area (Å²) >= 11 is 0. The fraction of sp³-hybridized carbons (Fsp3) is 0.167. The minimum atomic E-state index is -5.08. The van der Waals surface area contributed by atoms with Crippen LogP contribution in [-0.4, -0.2) is 37.5 Å². The van der Waals surface area contributed by atoms with Crippen molar-refractivity contribution in [3.05, 3.63) is 89.1 Å². The number of rotatable bonds is 5. The number of carbonyl (C=O) groups is 2. The summed E-state index contributed by atoms with van der Waals surface area (Å²) in [4.78, 5) is 29.5. The van der Waals surface area contributed by atoms with Crippen molar-refractivity contribution in [2.75, 3.05) is 5.32 Å². The number of imidazole rings is 1. The van der Waals surface area contributed by atoms with Gasteiger partial charge in [0.05, 0.1) is 22.5 Å². The van der Waals surface area contributed by atoms with Crippen molar-refractivity contribution >= 4 is 23.2 Å². The number of nitrogens with one attached hydrogen (secondary N) is 1. The molecule has 0 aliphatic carbocycles. The molecule has 0 aliphatic rings. The van der Waals surface area contributed by atoms with E-state index in [0.717, 1.165) is 24.4 Å². The molecule has 0 aliphatic heterocycles. The highest BCUT2D eigenvalue weighted by atomic mass is 19.4. The lowest BCUT2D eigenvalue weighted by atomic mass is 10.2. The number of ether oxygens (including phenoxy) is 1. The molecule has 2 N–H and O–H groups in total. The lowest BCUT2D eigenvalue weighted by Crippen LogP contribution is -2.21. The van der Waals surface area contributed by atoms with Crippen LogP contribution in [0.2, 0.25) is 0 Å². The maximum atomic E-state index is 13.9. The normalized spacial score (nSPS) is 11.5. The van der Waals surface area contributed by atoms with Crippen LogP contribution in [0.1, 0.15) is 27.3 Å². The number of amides is 1. The topological polar surface area (TPSA) is 106 Å². The van der Waals surface area contributed by atoms with Crippen LogP contribution in [0.5, 0.6) is 5.75 Å². The lowest BCUT2D eigenvalue weighted by Gasteiger charge is -2.13. The van der Waals surface area contributed by atoms with Gasteiger partial charge in [0.15, 0.2) is 11.4 Å². The Labute approximate surface area is 218 Å². The van der Waals surface area contributed by atoms with Crippen molar-refractivity contribution in [3.63, 3.8) is 0 Å². The SMILES string of the molecule is Cc1nc2c(OCc3c(F)cccc3F)cccn2c1C(=O)Nc1ccncc1C(F)(F)F.O=C(O)C(F)(F)F. The maximum absolute atomic E-state index is 13.9. The molecule has 8 nitrogen and oxygen atoms in total. The van der Waals surface area contributed by atoms with Gasteiger partial charge < -0.3 is 15.2 Å². The van der Waals surface area contributed by atoms with Crippen molar-refractivity contribution in [2.45, 2.75) is 25.9 Å². The molecule has 0 saturated carbocycles. The third kappa shape index (κ3) is 6.81. The van der Waals surface area contributed by atoms with Gasteiger partial charge in [0.1, 0.15) is 23.9 Å². The molecule has 0 bridgehead atoms. The molecule has 0 atom stereocenters. The van der Waals surface area contributed by atoms with Crippen molar-refractivity contribution in [1.29, 1.82) is 0 Å². The van der Waals surface area contributed by atoms with Crippen LogP contribution in [0.3, 0.4) is 0 Å². The molecule has 212 valence electrons. The number of pyridine rings is 2. The van der Waals surface area contributed by atoms with E-state index in [-0.39, 0.29) is 28.3 Å². The molecule has 40 heavy (non-hydrogen) atoms. The van der Waals surface area contributed by atoms with Gasteiger partial charge in [-0.05, 0) is 37.3 Å². The molecule has 0 spiro atoms. The number of aliphatic carboxylic acids is 1. The molecular formula is C24H16F8N4O4. The summed E-state index contributed by atoms with van der Waals surface area (Å²) in [6.07, 6.45) is -6.59. The zero-order chi connectivity index (χ0) is 29.8. The number of aryl methyl sites for hydroxylation is 1. The zero-order valence-electron chi connectivity index (χ0n) is 19.9. The van der Waals surface area contributed by atoms with Crippen molar-refractivity contribution in [2.24, 2.45) is 0 Å². The number of hydrogen-bond acceptors (Lipinski definition) is 5. The fourth-order valence-electron chi connectivity index (χ4n) is 3.27. The van der Waals surface area contributed by atoms with E-state index in [1.54, 1.807) is 0 Å². The molecule has 4 rings (SSSR count). The number of benzene rings is 1. The van der Waals surface area contributed by atoms with Crippen LogP contribution in [0.25, 0.3) is 5.65 Å². The Morgan fingerprint density at radius 3 is 2.23 bits per heavy atom. The molecule has 3 heterocycles.